The standard InChI is InChI=1S/C26H41NO7S.2Na/c1-16(4-9-23(28)27-15-24(29)30)20-7-8-21-19-6-5-17-14-18(34-35(31,32)33)10-12-25(17,2)22(19)11-13-26(20,21)3;;/h5,16,18-22H,4,6-15H2,1-3H3,(H,27,28)(H,29,30)(H,31,32,33);;/q;2*+1/p-2/t16-,18+,19+,20-,21+,22+,25+,26-;;/m1../s1/i15+1,24+1,27+1;;. The third kappa shape index (κ3) is 7.25. The quantitative estimate of drug-likeness (QED) is 0.0824. The third-order valence-corrected chi connectivity index (χ3v) is 10.8. The Labute approximate surface area is 266 Å². The van der Waals surface area contributed by atoms with E-state index in [4.69, 9.17) is 4.18 Å². The van der Waals surface area contributed by atoms with Crippen LogP contribution in [0.15, 0.2) is 11.6 Å². The minimum atomic E-state index is -4.69. The zero-order valence-electron chi connectivity index (χ0n) is 23.1. The van der Waals surface area contributed by atoms with Gasteiger partial charge in [0.25, 0.3) is 0 Å². The van der Waals surface area contributed by atoms with Gasteiger partial charge in [0.2, 0.25) is 16.3 Å². The van der Waals surface area contributed by atoms with Crippen LogP contribution in [0.2, 0.25) is 0 Å². The van der Waals surface area contributed by atoms with Gasteiger partial charge in [-0.05, 0) is 98.2 Å². The summed E-state index contributed by atoms with van der Waals surface area (Å²) in [6.45, 7) is 6.58. The maximum absolute atomic E-state index is 12.0. The molecule has 0 aromatic heterocycles. The molecule has 1 N–H and O–H groups in total. The van der Waals surface area contributed by atoms with E-state index in [2.05, 4.69) is 32.2 Å². The molecule has 8 nitrogen and oxygen atoms in total. The average Bonchev–Trinajstić information content (AvgIpc) is 3.12. The Balaban J connectivity index is 0.00000241. The molecule has 0 aromatic rings. The van der Waals surface area contributed by atoms with Gasteiger partial charge in [0.1, 0.15) is 0 Å². The van der Waals surface area contributed by atoms with Gasteiger partial charge in [-0.15, -0.1) is 0 Å². The summed E-state index contributed by atoms with van der Waals surface area (Å²) in [6, 6.07) is 0. The number of carbonyl (C=O) groups is 2. The summed E-state index contributed by atoms with van der Waals surface area (Å²) >= 11 is 0. The van der Waals surface area contributed by atoms with Gasteiger partial charge in [0.05, 0.1) is 18.6 Å². The van der Waals surface area contributed by atoms with Gasteiger partial charge >= 0.3 is 59.1 Å². The monoisotopic (exact) mass is 558 g/mol. The van der Waals surface area contributed by atoms with E-state index < -0.39 is 29.0 Å². The molecule has 198 valence electrons. The summed E-state index contributed by atoms with van der Waals surface area (Å²) < 4.78 is 38.2. The van der Waals surface area contributed by atoms with Crippen LogP contribution in [0.25, 0.3) is 0 Å². The van der Waals surface area contributed by atoms with E-state index >= 15 is 0 Å². The molecule has 0 unspecified atom stereocenters. The molecule has 0 bridgehead atoms. The van der Waals surface area contributed by atoms with Gasteiger partial charge in [-0.2, -0.15) is 0 Å². The molecule has 11 heteroatoms. The minimum Gasteiger partial charge on any atom is -0.726 e. The van der Waals surface area contributed by atoms with Crippen LogP contribution in [-0.2, 0) is 24.2 Å². The molecular weight excluding hydrogens is 519 g/mol. The molecule has 4 rings (SSSR count). The van der Waals surface area contributed by atoms with Gasteiger partial charge in [0.15, 0.2) is 0 Å². The van der Waals surface area contributed by atoms with Crippen molar-refractivity contribution in [3.05, 3.63) is 11.6 Å². The van der Waals surface area contributed by atoms with Crippen LogP contribution in [0.3, 0.4) is 0 Å². The summed E-state index contributed by atoms with van der Waals surface area (Å²) in [5.74, 6) is 1.23. The van der Waals surface area contributed by atoms with E-state index in [-0.39, 0.29) is 75.9 Å². The van der Waals surface area contributed by atoms with Crippen molar-refractivity contribution in [2.75, 3.05) is 6.54 Å². The minimum absolute atomic E-state index is 0. The first-order chi connectivity index (χ1) is 16.3. The normalized spacial score (nSPS) is 37.4. The number of rotatable bonds is 8. The van der Waals surface area contributed by atoms with Crippen LogP contribution in [0, 0.1) is 40.4 Å². The second kappa shape index (κ2) is 13.0. The van der Waals surface area contributed by atoms with Crippen molar-refractivity contribution in [3.63, 3.8) is 0 Å². The van der Waals surface area contributed by atoms with Crippen LogP contribution >= 0.6 is 0 Å². The summed E-state index contributed by atoms with van der Waals surface area (Å²) in [6.07, 6.45) is 10.5. The molecule has 3 saturated carbocycles. The molecular formula is C26H39NNa2O7S. The number of hydrogen-bond acceptors (Lipinski definition) is 7. The van der Waals surface area contributed by atoms with Gasteiger partial charge in [-0.3, -0.25) is 8.98 Å². The number of hydrogen-bond donors (Lipinski definition) is 1. The first-order valence-electron chi connectivity index (χ1n) is 13.1. The number of allylic oxidation sites excluding steroid dienone is 1. The molecule has 1 amide bonds. The summed E-state index contributed by atoms with van der Waals surface area (Å²) in [5.41, 5.74) is 1.55. The smallest absolute Gasteiger partial charge is 0.726 e. The number of aliphatic carboxylic acids is 1. The molecule has 0 heterocycles. The molecule has 3 fully saturated rings. The van der Waals surface area contributed by atoms with Crippen LogP contribution in [0.4, 0.5) is 0 Å². The van der Waals surface area contributed by atoms with Crippen molar-refractivity contribution in [3.8, 4) is 0 Å². The van der Waals surface area contributed by atoms with E-state index in [0.717, 1.165) is 38.5 Å². The van der Waals surface area contributed by atoms with Crippen molar-refractivity contribution in [2.24, 2.45) is 40.4 Å². The average molecular weight is 559 g/mol. The number of amides is 1. The van der Waals surface area contributed by atoms with Crippen molar-refractivity contribution in [1.82, 2.24) is 5.32 Å². The van der Waals surface area contributed by atoms with Crippen LogP contribution in [0.1, 0.15) is 85.0 Å². The van der Waals surface area contributed by atoms with E-state index in [1.807, 2.05) is 0 Å². The second-order valence-corrected chi connectivity index (χ2v) is 13.0. The first-order valence-corrected chi connectivity index (χ1v) is 14.5. The van der Waals surface area contributed by atoms with Gasteiger partial charge in [-0.1, -0.05) is 32.4 Å². The van der Waals surface area contributed by atoms with E-state index in [1.54, 1.807) is 0 Å². The SMILES string of the molecule is C[C@H](CCC(=O)[15NH][13CH2][13C](=O)[O-])[C@H]1CC[C@H]2[C@@H]3CC=C4C[C@@H](OS(=O)(=O)[O-])CC[C@]4(C)[C@H]3CC[C@]12C.[Na+].[Na+]. The third-order valence-electron chi connectivity index (χ3n) is 10.3. The molecule has 8 atom stereocenters. The fraction of sp³-hybridized carbons (Fsp3) is 0.846. The van der Waals surface area contributed by atoms with Crippen LogP contribution in [-0.4, -0.2) is 37.5 Å². The Morgan fingerprint density at radius 2 is 1.84 bits per heavy atom. The Morgan fingerprint density at radius 3 is 2.49 bits per heavy atom. The Morgan fingerprint density at radius 1 is 1.14 bits per heavy atom. The van der Waals surface area contributed by atoms with Crippen LogP contribution < -0.4 is 69.5 Å². The summed E-state index contributed by atoms with van der Waals surface area (Å²) in [4.78, 5) is 22.6. The zero-order chi connectivity index (χ0) is 25.6. The number of carbonyl (C=O) groups excluding carboxylic acids is 2. The maximum Gasteiger partial charge on any atom is 1.00 e. The maximum atomic E-state index is 12.0. The molecule has 0 spiro atoms. The number of fused-ring (bicyclic) bond motifs is 5. The largest absolute Gasteiger partial charge is 1.00 e. The van der Waals surface area contributed by atoms with Gasteiger partial charge < -0.3 is 19.8 Å². The zero-order valence-corrected chi connectivity index (χ0v) is 27.9. The topological polar surface area (TPSA) is 136 Å². The van der Waals surface area contributed by atoms with E-state index in [9.17, 15) is 27.7 Å². The molecule has 4 aliphatic carbocycles. The number of nitrogens with one attached hydrogen (secondary N) is 1. The Hall–Kier alpha value is 0.550. The predicted molar refractivity (Wildman–Crippen MR) is 126 cm³/mol. The van der Waals surface area contributed by atoms with Gasteiger partial charge in [-0.25, -0.2) is 8.42 Å². The molecule has 0 radical (unpaired) electrons. The van der Waals surface area contributed by atoms with Gasteiger partial charge in [0, 0.05) is 6.42 Å². The molecule has 0 aliphatic heterocycles. The van der Waals surface area contributed by atoms with Crippen molar-refractivity contribution < 1.29 is 91.0 Å². The summed E-state index contributed by atoms with van der Waals surface area (Å²) in [5, 5.41) is 13.0. The second-order valence-electron chi connectivity index (χ2n) is 12.0. The molecule has 0 saturated heterocycles. The molecule has 0 aromatic carbocycles. The molecule has 37 heavy (non-hydrogen) atoms. The van der Waals surface area contributed by atoms with E-state index in [1.165, 1.54) is 12.0 Å². The first kappa shape index (κ1) is 33.8. The number of carboxylic acids is 1. The van der Waals surface area contributed by atoms with Crippen molar-refractivity contribution >= 4 is 22.3 Å². The fourth-order valence-corrected chi connectivity index (χ4v) is 9.17. The van der Waals surface area contributed by atoms with Crippen LogP contribution in [0.5, 0.6) is 0 Å². The number of carboxylic acid groups (broad SMARTS) is 1. The van der Waals surface area contributed by atoms with Crippen molar-refractivity contribution in [2.45, 2.75) is 91.1 Å². The summed E-state index contributed by atoms with van der Waals surface area (Å²) in [7, 11) is -4.69. The Bertz CT molecular complexity index is 989. The Kier molecular flexibility index (Phi) is 11.9. The van der Waals surface area contributed by atoms with E-state index in [0.29, 0.717) is 48.9 Å². The molecule has 4 aliphatic rings. The van der Waals surface area contributed by atoms with Crippen molar-refractivity contribution in [1.29, 1.82) is 0 Å². The fourth-order valence-electron chi connectivity index (χ4n) is 8.67. The predicted octanol–water partition coefficient (Wildman–Crippen LogP) is -3.30.